The van der Waals surface area contributed by atoms with Crippen molar-refractivity contribution >= 4 is 23.9 Å². The minimum atomic E-state index is -0.234. The number of hydrogen-bond acceptors (Lipinski definition) is 8. The molecule has 2 atom stereocenters. The molecule has 8 heteroatoms. The van der Waals surface area contributed by atoms with E-state index in [4.69, 9.17) is 18.9 Å². The SMILES string of the molecule is CCCCCCCCC(CCCCCC)OC(=O)CCCCCCC(=O)OCC(C)COC(=O)CCCCCCC(=O)OC(CCCCCC)CCCCCCCC. The summed E-state index contributed by atoms with van der Waals surface area (Å²) in [5, 5.41) is 0. The highest BCUT2D eigenvalue weighted by Gasteiger charge is 2.16. The van der Waals surface area contributed by atoms with Gasteiger partial charge in [0.15, 0.2) is 0 Å². The van der Waals surface area contributed by atoms with Gasteiger partial charge in [-0.3, -0.25) is 19.2 Å². The Hall–Kier alpha value is -2.12. The van der Waals surface area contributed by atoms with Gasteiger partial charge in [0.2, 0.25) is 0 Å². The van der Waals surface area contributed by atoms with Gasteiger partial charge in [0.25, 0.3) is 0 Å². The maximum Gasteiger partial charge on any atom is 0.306 e. The van der Waals surface area contributed by atoms with Crippen molar-refractivity contribution in [3.05, 3.63) is 0 Å². The van der Waals surface area contributed by atoms with E-state index in [2.05, 4.69) is 27.7 Å². The first kappa shape index (κ1) is 55.9. The van der Waals surface area contributed by atoms with Crippen LogP contribution in [0.5, 0.6) is 0 Å². The lowest BCUT2D eigenvalue weighted by atomic mass is 10.0. The third kappa shape index (κ3) is 39.3. The maximum absolute atomic E-state index is 12.6. The van der Waals surface area contributed by atoms with Gasteiger partial charge in [-0.25, -0.2) is 0 Å². The van der Waals surface area contributed by atoms with Crippen LogP contribution < -0.4 is 0 Å². The zero-order valence-corrected chi connectivity index (χ0v) is 38.9. The number of esters is 4. The predicted octanol–water partition coefficient (Wildman–Crippen LogP) is 14.7. The summed E-state index contributed by atoms with van der Waals surface area (Å²) < 4.78 is 22.7. The Morgan fingerprint density at radius 2 is 0.569 bits per heavy atom. The highest BCUT2D eigenvalue weighted by atomic mass is 16.6. The van der Waals surface area contributed by atoms with E-state index >= 15 is 0 Å². The third-order valence-corrected chi connectivity index (χ3v) is 11.2. The summed E-state index contributed by atoms with van der Waals surface area (Å²) in [5.41, 5.74) is 0. The van der Waals surface area contributed by atoms with E-state index in [0.717, 1.165) is 103 Å². The number of unbranched alkanes of at least 4 members (excludes halogenated alkanes) is 22. The third-order valence-electron chi connectivity index (χ3n) is 11.2. The average molecular weight is 823 g/mol. The molecule has 0 saturated heterocycles. The molecule has 0 aliphatic rings. The molecule has 0 aliphatic heterocycles. The van der Waals surface area contributed by atoms with Crippen molar-refractivity contribution in [2.75, 3.05) is 13.2 Å². The molecule has 8 nitrogen and oxygen atoms in total. The molecule has 0 aliphatic carbocycles. The lowest BCUT2D eigenvalue weighted by Gasteiger charge is -2.18. The Morgan fingerprint density at radius 1 is 0.328 bits per heavy atom. The first-order valence-corrected chi connectivity index (χ1v) is 25.0. The average Bonchev–Trinajstić information content (AvgIpc) is 3.21. The van der Waals surface area contributed by atoms with Crippen LogP contribution in [0.2, 0.25) is 0 Å². The number of ether oxygens (including phenoxy) is 4. The van der Waals surface area contributed by atoms with E-state index in [9.17, 15) is 19.2 Å². The second-order valence-electron chi connectivity index (χ2n) is 17.3. The lowest BCUT2D eigenvalue weighted by Crippen LogP contribution is -2.18. The fraction of sp³-hybridized carbons (Fsp3) is 0.920. The van der Waals surface area contributed by atoms with Crippen LogP contribution in [0.25, 0.3) is 0 Å². The fourth-order valence-electron chi connectivity index (χ4n) is 7.36. The van der Waals surface area contributed by atoms with Crippen LogP contribution in [0.4, 0.5) is 0 Å². The molecular formula is C50H94O8. The van der Waals surface area contributed by atoms with E-state index in [1.807, 2.05) is 6.92 Å². The van der Waals surface area contributed by atoms with E-state index in [1.54, 1.807) is 0 Å². The molecule has 58 heavy (non-hydrogen) atoms. The fourth-order valence-corrected chi connectivity index (χ4v) is 7.36. The molecule has 2 unspecified atom stereocenters. The zero-order chi connectivity index (χ0) is 42.7. The Kier molecular flexibility index (Phi) is 41.4. The molecule has 0 aromatic heterocycles. The van der Waals surface area contributed by atoms with Crippen LogP contribution in [0, 0.1) is 5.92 Å². The van der Waals surface area contributed by atoms with E-state index in [1.165, 1.54) is 103 Å². The standard InChI is InChI=1S/C50H94O8/c1-6-10-14-18-20-28-36-45(34-26-16-12-8-3)57-49(53)40-32-24-22-30-38-47(51)55-42-44(5)43-56-48(52)39-31-23-25-33-41-50(54)58-46(35-27-17-13-9-4)37-29-21-19-15-11-7-2/h44-46H,6-43H2,1-5H3. The van der Waals surface area contributed by atoms with Gasteiger partial charge in [-0.15, -0.1) is 0 Å². The first-order chi connectivity index (χ1) is 28.2. The molecule has 0 N–H and O–H groups in total. The van der Waals surface area contributed by atoms with Gasteiger partial charge in [0.1, 0.15) is 12.2 Å². The lowest BCUT2D eigenvalue weighted by molar-refractivity contribution is -0.151. The normalized spacial score (nSPS) is 12.8. The molecule has 0 aromatic rings. The molecule has 0 heterocycles. The largest absolute Gasteiger partial charge is 0.465 e. The Bertz CT molecular complexity index is 878. The summed E-state index contributed by atoms with van der Waals surface area (Å²) >= 11 is 0. The zero-order valence-electron chi connectivity index (χ0n) is 38.9. The minimum Gasteiger partial charge on any atom is -0.465 e. The topological polar surface area (TPSA) is 105 Å². The van der Waals surface area contributed by atoms with Crippen molar-refractivity contribution in [2.45, 2.75) is 278 Å². The van der Waals surface area contributed by atoms with Gasteiger partial charge in [-0.05, 0) is 77.0 Å². The Morgan fingerprint density at radius 3 is 0.879 bits per heavy atom. The molecule has 342 valence electrons. The smallest absolute Gasteiger partial charge is 0.306 e. The Balaban J connectivity index is 4.03. The van der Waals surface area contributed by atoms with Crippen LogP contribution in [-0.2, 0) is 38.1 Å². The molecule has 0 spiro atoms. The van der Waals surface area contributed by atoms with Crippen molar-refractivity contribution < 1.29 is 38.1 Å². The molecular weight excluding hydrogens is 729 g/mol. The summed E-state index contributed by atoms with van der Waals surface area (Å²) in [7, 11) is 0. The second-order valence-corrected chi connectivity index (χ2v) is 17.3. The number of carbonyl (C=O) groups is 4. The van der Waals surface area contributed by atoms with Gasteiger partial charge >= 0.3 is 23.9 Å². The number of rotatable bonds is 44. The van der Waals surface area contributed by atoms with Crippen LogP contribution in [0.15, 0.2) is 0 Å². The van der Waals surface area contributed by atoms with Crippen molar-refractivity contribution in [3.8, 4) is 0 Å². The molecule has 0 rings (SSSR count). The van der Waals surface area contributed by atoms with Crippen molar-refractivity contribution in [3.63, 3.8) is 0 Å². The summed E-state index contributed by atoms with van der Waals surface area (Å²) in [5.74, 6) is -0.697. The number of carbonyl (C=O) groups excluding carboxylic acids is 4. The van der Waals surface area contributed by atoms with Crippen LogP contribution in [-0.4, -0.2) is 49.3 Å². The molecule has 0 bridgehead atoms. The predicted molar refractivity (Wildman–Crippen MR) is 240 cm³/mol. The second kappa shape index (κ2) is 43.0. The van der Waals surface area contributed by atoms with Crippen molar-refractivity contribution in [1.82, 2.24) is 0 Å². The van der Waals surface area contributed by atoms with Crippen molar-refractivity contribution in [2.24, 2.45) is 5.92 Å². The highest BCUT2D eigenvalue weighted by Crippen LogP contribution is 2.20. The quantitative estimate of drug-likeness (QED) is 0.0340. The first-order valence-electron chi connectivity index (χ1n) is 25.0. The monoisotopic (exact) mass is 823 g/mol. The van der Waals surface area contributed by atoms with Gasteiger partial charge in [0, 0.05) is 31.6 Å². The molecule has 0 saturated carbocycles. The van der Waals surface area contributed by atoms with Gasteiger partial charge in [0.05, 0.1) is 13.2 Å². The van der Waals surface area contributed by atoms with Gasteiger partial charge in [-0.1, -0.05) is 163 Å². The van der Waals surface area contributed by atoms with Gasteiger partial charge < -0.3 is 18.9 Å². The van der Waals surface area contributed by atoms with Gasteiger partial charge in [-0.2, -0.15) is 0 Å². The molecule has 0 amide bonds. The molecule has 0 fully saturated rings. The van der Waals surface area contributed by atoms with E-state index < -0.39 is 0 Å². The summed E-state index contributed by atoms with van der Waals surface area (Å²) in [6, 6.07) is 0. The van der Waals surface area contributed by atoms with Crippen LogP contribution >= 0.6 is 0 Å². The summed E-state index contributed by atoms with van der Waals surface area (Å²) in [6.45, 7) is 11.3. The van der Waals surface area contributed by atoms with Crippen LogP contribution in [0.3, 0.4) is 0 Å². The summed E-state index contributed by atoms with van der Waals surface area (Å²) in [6.07, 6.45) is 36.7. The maximum atomic E-state index is 12.6. The van der Waals surface area contributed by atoms with E-state index in [0.29, 0.717) is 25.7 Å². The summed E-state index contributed by atoms with van der Waals surface area (Å²) in [4.78, 5) is 49.7. The highest BCUT2D eigenvalue weighted by molar-refractivity contribution is 5.70. The molecule has 0 radical (unpaired) electrons. The van der Waals surface area contributed by atoms with Crippen molar-refractivity contribution in [1.29, 1.82) is 0 Å². The van der Waals surface area contributed by atoms with Crippen LogP contribution in [0.1, 0.15) is 266 Å². The number of hydrogen-bond donors (Lipinski definition) is 0. The van der Waals surface area contributed by atoms with E-state index in [-0.39, 0.29) is 55.2 Å². The molecule has 0 aromatic carbocycles. The minimum absolute atomic E-state index is 0.0543. The Labute approximate surface area is 358 Å².